The van der Waals surface area contributed by atoms with Crippen LogP contribution in [0.1, 0.15) is 43.5 Å². The molecule has 0 aliphatic carbocycles. The van der Waals surface area contributed by atoms with E-state index in [1.54, 1.807) is 57.2 Å². The quantitative estimate of drug-likeness (QED) is 0.382. The summed E-state index contributed by atoms with van der Waals surface area (Å²) in [5.41, 5.74) is 1.84. The Balaban J connectivity index is 2.43. The Hall–Kier alpha value is -4.03. The molecule has 0 saturated carbocycles. The highest BCUT2D eigenvalue weighted by molar-refractivity contribution is 5.99. The average Bonchev–Trinajstić information content (AvgIpc) is 2.79. The van der Waals surface area contributed by atoms with E-state index < -0.39 is 42.2 Å². The van der Waals surface area contributed by atoms with Crippen LogP contribution in [0.15, 0.2) is 42.5 Å². The van der Waals surface area contributed by atoms with Crippen molar-refractivity contribution >= 4 is 23.6 Å². The van der Waals surface area contributed by atoms with Crippen molar-refractivity contribution in [1.82, 2.24) is 10.2 Å². The van der Waals surface area contributed by atoms with Gasteiger partial charge in [0.25, 0.3) is 11.8 Å². The molecule has 0 aromatic heterocycles. The number of amides is 3. The van der Waals surface area contributed by atoms with Gasteiger partial charge in [-0.05, 0) is 64.4 Å². The topological polar surface area (TPSA) is 117 Å². The summed E-state index contributed by atoms with van der Waals surface area (Å²) in [5, 5.41) is 14.9. The van der Waals surface area contributed by atoms with E-state index in [4.69, 9.17) is 15.9 Å². The van der Waals surface area contributed by atoms with Crippen LogP contribution in [0.25, 0.3) is 0 Å². The molecule has 0 bridgehead atoms. The van der Waals surface area contributed by atoms with Gasteiger partial charge in [0.15, 0.2) is 0 Å². The Labute approximate surface area is 211 Å². The SMILES string of the molecule is C#CN(C(=O)C(CO)NC(=O)OC(C)(C)C)C(C(=O)Nc1ccc(OC)cc1)c1cc(C)cc(C)c1. The van der Waals surface area contributed by atoms with Crippen LogP contribution in [0.5, 0.6) is 5.75 Å². The van der Waals surface area contributed by atoms with Crippen LogP contribution in [0.3, 0.4) is 0 Å². The van der Waals surface area contributed by atoms with E-state index in [2.05, 4.69) is 16.7 Å². The first kappa shape index (κ1) is 28.2. The average molecular weight is 496 g/mol. The first-order valence-corrected chi connectivity index (χ1v) is 11.3. The number of carbonyl (C=O) groups excluding carboxylic acids is 3. The van der Waals surface area contributed by atoms with E-state index >= 15 is 0 Å². The molecule has 2 aromatic rings. The fraction of sp³-hybridized carbons (Fsp3) is 0.370. The summed E-state index contributed by atoms with van der Waals surface area (Å²) in [4.78, 5) is 40.0. The summed E-state index contributed by atoms with van der Waals surface area (Å²) in [6.45, 7) is 7.95. The Morgan fingerprint density at radius 2 is 1.67 bits per heavy atom. The second-order valence-electron chi connectivity index (χ2n) is 9.26. The molecule has 2 atom stereocenters. The molecule has 36 heavy (non-hydrogen) atoms. The minimum absolute atomic E-state index is 0.463. The van der Waals surface area contributed by atoms with Crippen LogP contribution in [0.2, 0.25) is 0 Å². The maximum absolute atomic E-state index is 13.5. The van der Waals surface area contributed by atoms with Crippen LogP contribution < -0.4 is 15.4 Å². The summed E-state index contributed by atoms with van der Waals surface area (Å²) >= 11 is 0. The molecule has 9 nitrogen and oxygen atoms in total. The van der Waals surface area contributed by atoms with Crippen LogP contribution in [-0.2, 0) is 14.3 Å². The number of benzene rings is 2. The first-order valence-electron chi connectivity index (χ1n) is 11.3. The molecular weight excluding hydrogens is 462 g/mol. The summed E-state index contributed by atoms with van der Waals surface area (Å²) < 4.78 is 10.3. The number of alkyl carbamates (subject to hydrolysis) is 1. The van der Waals surface area contributed by atoms with E-state index in [9.17, 15) is 19.5 Å². The van der Waals surface area contributed by atoms with Gasteiger partial charge in [0.1, 0.15) is 23.4 Å². The Morgan fingerprint density at radius 1 is 1.08 bits per heavy atom. The summed E-state index contributed by atoms with van der Waals surface area (Å²) in [7, 11) is 1.53. The van der Waals surface area contributed by atoms with Gasteiger partial charge in [-0.25, -0.2) is 4.79 Å². The van der Waals surface area contributed by atoms with Crippen molar-refractivity contribution in [2.75, 3.05) is 19.0 Å². The van der Waals surface area contributed by atoms with E-state index in [0.717, 1.165) is 16.0 Å². The molecule has 3 N–H and O–H groups in total. The van der Waals surface area contributed by atoms with Crippen molar-refractivity contribution in [3.63, 3.8) is 0 Å². The number of nitrogens with zero attached hydrogens (tertiary/aromatic N) is 1. The third kappa shape index (κ3) is 7.75. The number of anilines is 1. The van der Waals surface area contributed by atoms with Gasteiger partial charge in [-0.1, -0.05) is 35.7 Å². The molecule has 9 heteroatoms. The second kappa shape index (κ2) is 12.1. The number of terminal acetylenes is 1. The lowest BCUT2D eigenvalue weighted by Gasteiger charge is -2.30. The lowest BCUT2D eigenvalue weighted by Crippen LogP contribution is -2.52. The third-order valence-electron chi connectivity index (χ3n) is 4.97. The maximum Gasteiger partial charge on any atom is 0.408 e. The third-order valence-corrected chi connectivity index (χ3v) is 4.97. The minimum Gasteiger partial charge on any atom is -0.497 e. The predicted octanol–water partition coefficient (Wildman–Crippen LogP) is 3.30. The minimum atomic E-state index is -1.43. The van der Waals surface area contributed by atoms with E-state index in [0.29, 0.717) is 17.0 Å². The molecule has 2 aromatic carbocycles. The molecular formula is C27H33N3O6. The van der Waals surface area contributed by atoms with Crippen LogP contribution in [-0.4, -0.2) is 53.3 Å². The van der Waals surface area contributed by atoms with Gasteiger partial charge in [-0.2, -0.15) is 0 Å². The molecule has 0 fully saturated rings. The molecule has 0 aliphatic rings. The number of aliphatic hydroxyl groups excluding tert-OH is 1. The lowest BCUT2D eigenvalue weighted by molar-refractivity contribution is -0.137. The summed E-state index contributed by atoms with van der Waals surface area (Å²) in [6, 6.07) is 11.7. The van der Waals surface area contributed by atoms with Crippen LogP contribution in [0.4, 0.5) is 10.5 Å². The van der Waals surface area contributed by atoms with Crippen molar-refractivity contribution in [2.24, 2.45) is 0 Å². The zero-order valence-electron chi connectivity index (χ0n) is 21.4. The number of aryl methyl sites for hydroxylation is 2. The van der Waals surface area contributed by atoms with Crippen LogP contribution in [0, 0.1) is 26.3 Å². The molecule has 3 amide bonds. The number of aliphatic hydroxyl groups is 1. The van der Waals surface area contributed by atoms with Gasteiger partial charge in [0, 0.05) is 11.7 Å². The lowest BCUT2D eigenvalue weighted by atomic mass is 9.99. The standard InChI is InChI=1S/C27H33N3O6/c1-8-30(25(33)22(16-31)29-26(34)36-27(4,5)6)23(19-14-17(2)13-18(3)15-19)24(32)28-20-9-11-21(35-7)12-10-20/h1,9-15,22-23,31H,16H2,2-7H3,(H,28,32)(H,29,34). The number of carbonyl (C=O) groups is 3. The van der Waals surface area contributed by atoms with Gasteiger partial charge in [0.05, 0.1) is 13.7 Å². The number of nitrogens with one attached hydrogen (secondary N) is 2. The fourth-order valence-corrected chi connectivity index (χ4v) is 3.54. The monoisotopic (exact) mass is 495 g/mol. The highest BCUT2D eigenvalue weighted by Gasteiger charge is 2.36. The summed E-state index contributed by atoms with van der Waals surface area (Å²) in [6.07, 6.45) is 4.81. The highest BCUT2D eigenvalue weighted by Crippen LogP contribution is 2.26. The molecule has 0 heterocycles. The predicted molar refractivity (Wildman–Crippen MR) is 136 cm³/mol. The number of hydrogen-bond acceptors (Lipinski definition) is 6. The Kier molecular flexibility index (Phi) is 9.47. The summed E-state index contributed by atoms with van der Waals surface area (Å²) in [5.74, 6) is -0.816. The molecule has 0 radical (unpaired) electrons. The molecule has 0 aliphatic heterocycles. The fourth-order valence-electron chi connectivity index (χ4n) is 3.54. The molecule has 0 spiro atoms. The van der Waals surface area contributed by atoms with Crippen molar-refractivity contribution in [3.8, 4) is 18.2 Å². The van der Waals surface area contributed by atoms with E-state index in [1.165, 1.54) is 7.11 Å². The first-order chi connectivity index (χ1) is 16.9. The molecule has 2 rings (SSSR count). The van der Waals surface area contributed by atoms with Crippen molar-refractivity contribution in [1.29, 1.82) is 0 Å². The molecule has 0 saturated heterocycles. The molecule has 192 valence electrons. The zero-order valence-corrected chi connectivity index (χ0v) is 21.4. The zero-order chi connectivity index (χ0) is 27.0. The second-order valence-corrected chi connectivity index (χ2v) is 9.26. The Bertz CT molecular complexity index is 1110. The van der Waals surface area contributed by atoms with Crippen molar-refractivity contribution < 1.29 is 29.0 Å². The highest BCUT2D eigenvalue weighted by atomic mass is 16.6. The van der Waals surface area contributed by atoms with Gasteiger partial charge in [0.2, 0.25) is 0 Å². The van der Waals surface area contributed by atoms with Crippen molar-refractivity contribution in [2.45, 2.75) is 52.3 Å². The Morgan fingerprint density at radius 3 is 2.14 bits per heavy atom. The number of ether oxygens (including phenoxy) is 2. The molecule has 2 unspecified atom stereocenters. The van der Waals surface area contributed by atoms with Gasteiger partial charge >= 0.3 is 6.09 Å². The maximum atomic E-state index is 13.5. The normalized spacial score (nSPS) is 12.5. The van der Waals surface area contributed by atoms with Gasteiger partial charge < -0.3 is 25.2 Å². The van der Waals surface area contributed by atoms with Gasteiger partial charge in [-0.3, -0.25) is 14.5 Å². The van der Waals surface area contributed by atoms with Gasteiger partial charge in [-0.15, -0.1) is 0 Å². The van der Waals surface area contributed by atoms with Crippen LogP contribution >= 0.6 is 0 Å². The number of methoxy groups -OCH3 is 1. The van der Waals surface area contributed by atoms with E-state index in [-0.39, 0.29) is 0 Å². The van der Waals surface area contributed by atoms with Crippen molar-refractivity contribution in [3.05, 3.63) is 59.2 Å². The smallest absolute Gasteiger partial charge is 0.408 e. The number of rotatable bonds is 8. The van der Waals surface area contributed by atoms with E-state index in [1.807, 2.05) is 19.9 Å². The number of hydrogen-bond donors (Lipinski definition) is 3. The largest absolute Gasteiger partial charge is 0.497 e.